The number of anilines is 1. The van der Waals surface area contributed by atoms with Crippen LogP contribution in [0.1, 0.15) is 6.92 Å². The van der Waals surface area contributed by atoms with E-state index in [4.69, 9.17) is 15.2 Å². The van der Waals surface area contributed by atoms with Crippen LogP contribution in [-0.4, -0.2) is 16.5 Å². The molecule has 2 rings (SSSR count). The Kier molecular flexibility index (Phi) is 3.99. The molecule has 7 heteroatoms. The number of pyridine rings is 1. The molecule has 1 aromatic carbocycles. The Balaban J connectivity index is 2.39. The van der Waals surface area contributed by atoms with Crippen LogP contribution in [0.3, 0.4) is 0 Å². The molecule has 2 aromatic rings. The van der Waals surface area contributed by atoms with Gasteiger partial charge in [0.1, 0.15) is 5.82 Å². The lowest BCUT2D eigenvalue weighted by molar-refractivity contribution is -0.386. The fourth-order valence-electron chi connectivity index (χ4n) is 1.57. The number of hydrogen-bond acceptors (Lipinski definition) is 6. The topological polar surface area (TPSA) is 101 Å². The van der Waals surface area contributed by atoms with Gasteiger partial charge >= 0.3 is 11.6 Å². The van der Waals surface area contributed by atoms with Crippen molar-refractivity contribution in [1.82, 2.24) is 4.98 Å². The predicted molar refractivity (Wildman–Crippen MR) is 73.0 cm³/mol. The van der Waals surface area contributed by atoms with E-state index in [9.17, 15) is 10.1 Å². The van der Waals surface area contributed by atoms with Gasteiger partial charge in [0.05, 0.1) is 11.5 Å². The lowest BCUT2D eigenvalue weighted by Crippen LogP contribution is -2.00. The number of benzene rings is 1. The number of para-hydroxylation sites is 2. The van der Waals surface area contributed by atoms with Crippen molar-refractivity contribution >= 4 is 11.5 Å². The fraction of sp³-hybridized carbons (Fsp3) is 0.154. The predicted octanol–water partition coefficient (Wildman–Crippen LogP) is 2.76. The maximum Gasteiger partial charge on any atom is 0.331 e. The Labute approximate surface area is 115 Å². The molecule has 0 aliphatic rings. The first-order valence-electron chi connectivity index (χ1n) is 5.92. The number of nitrogens with zero attached hydrogens (tertiary/aromatic N) is 2. The zero-order chi connectivity index (χ0) is 14.5. The summed E-state index contributed by atoms with van der Waals surface area (Å²) in [4.78, 5) is 14.2. The van der Waals surface area contributed by atoms with Crippen LogP contribution in [0.4, 0.5) is 11.5 Å². The van der Waals surface area contributed by atoms with Gasteiger partial charge in [0.2, 0.25) is 0 Å². The van der Waals surface area contributed by atoms with Crippen molar-refractivity contribution < 1.29 is 14.4 Å². The summed E-state index contributed by atoms with van der Waals surface area (Å²) in [5.74, 6) is 0.797. The summed E-state index contributed by atoms with van der Waals surface area (Å²) in [6.45, 7) is 2.28. The van der Waals surface area contributed by atoms with Crippen LogP contribution in [0.2, 0.25) is 0 Å². The smallest absolute Gasteiger partial charge is 0.331 e. The minimum absolute atomic E-state index is 0.138. The van der Waals surface area contributed by atoms with Crippen LogP contribution < -0.4 is 15.2 Å². The first kappa shape index (κ1) is 13.6. The van der Waals surface area contributed by atoms with Gasteiger partial charge in [-0.2, -0.15) is 4.98 Å². The average molecular weight is 275 g/mol. The second kappa shape index (κ2) is 5.87. The Morgan fingerprint density at radius 1 is 1.25 bits per heavy atom. The molecule has 0 unspecified atom stereocenters. The van der Waals surface area contributed by atoms with Crippen LogP contribution in [-0.2, 0) is 0 Å². The van der Waals surface area contributed by atoms with Crippen molar-refractivity contribution in [3.63, 3.8) is 0 Å². The van der Waals surface area contributed by atoms with Gasteiger partial charge < -0.3 is 15.2 Å². The van der Waals surface area contributed by atoms with Crippen molar-refractivity contribution in [2.24, 2.45) is 0 Å². The highest BCUT2D eigenvalue weighted by atomic mass is 16.6. The highest BCUT2D eigenvalue weighted by Crippen LogP contribution is 2.35. The average Bonchev–Trinajstić information content (AvgIpc) is 2.41. The molecule has 1 aromatic heterocycles. The van der Waals surface area contributed by atoms with Crippen molar-refractivity contribution in [3.05, 3.63) is 46.5 Å². The molecular formula is C13H13N3O4. The molecule has 0 aliphatic carbocycles. The van der Waals surface area contributed by atoms with Crippen LogP contribution in [0, 0.1) is 10.1 Å². The largest absolute Gasteiger partial charge is 0.490 e. The molecule has 0 spiro atoms. The number of rotatable bonds is 5. The minimum atomic E-state index is -0.578. The third-order valence-corrected chi connectivity index (χ3v) is 2.41. The second-order valence-corrected chi connectivity index (χ2v) is 3.80. The van der Waals surface area contributed by atoms with E-state index in [2.05, 4.69) is 4.98 Å². The van der Waals surface area contributed by atoms with Crippen molar-refractivity contribution in [3.8, 4) is 17.4 Å². The van der Waals surface area contributed by atoms with E-state index in [0.29, 0.717) is 18.1 Å². The number of nitrogens with two attached hydrogens (primary N) is 1. The van der Waals surface area contributed by atoms with E-state index in [1.54, 1.807) is 24.3 Å². The number of hydrogen-bond donors (Lipinski definition) is 1. The van der Waals surface area contributed by atoms with Gasteiger partial charge in [-0.1, -0.05) is 12.1 Å². The Bertz CT molecular complexity index is 631. The second-order valence-electron chi connectivity index (χ2n) is 3.80. The number of nitrogen functional groups attached to an aromatic ring is 1. The molecule has 2 N–H and O–H groups in total. The van der Waals surface area contributed by atoms with Crippen molar-refractivity contribution in [2.75, 3.05) is 12.3 Å². The fourth-order valence-corrected chi connectivity index (χ4v) is 1.57. The van der Waals surface area contributed by atoms with E-state index in [1.807, 2.05) is 6.92 Å². The van der Waals surface area contributed by atoms with E-state index in [-0.39, 0.29) is 17.4 Å². The normalized spacial score (nSPS) is 10.1. The molecule has 0 saturated carbocycles. The van der Waals surface area contributed by atoms with Crippen LogP contribution >= 0.6 is 0 Å². The van der Waals surface area contributed by atoms with Crippen molar-refractivity contribution in [1.29, 1.82) is 0 Å². The lowest BCUT2D eigenvalue weighted by Gasteiger charge is -2.10. The number of nitro groups is 1. The molecule has 0 bridgehead atoms. The van der Waals surface area contributed by atoms with Gasteiger partial charge in [0, 0.05) is 6.07 Å². The van der Waals surface area contributed by atoms with Gasteiger partial charge in [0.25, 0.3) is 0 Å². The summed E-state index contributed by atoms with van der Waals surface area (Å²) < 4.78 is 10.9. The van der Waals surface area contributed by atoms with E-state index < -0.39 is 4.92 Å². The molecule has 0 aliphatic heterocycles. The van der Waals surface area contributed by atoms with Gasteiger partial charge in [-0.15, -0.1) is 0 Å². The van der Waals surface area contributed by atoms with E-state index in [0.717, 1.165) is 0 Å². The van der Waals surface area contributed by atoms with Gasteiger partial charge in [-0.25, -0.2) is 0 Å². The van der Waals surface area contributed by atoms with E-state index in [1.165, 1.54) is 12.1 Å². The summed E-state index contributed by atoms with van der Waals surface area (Å²) >= 11 is 0. The molecular weight excluding hydrogens is 262 g/mol. The third kappa shape index (κ3) is 2.94. The maximum atomic E-state index is 10.9. The van der Waals surface area contributed by atoms with Crippen LogP contribution in [0.25, 0.3) is 0 Å². The molecule has 0 atom stereocenters. The SMILES string of the molecule is CCOc1ccccc1Oc1nc(N)ccc1[N+](=O)[O-]. The zero-order valence-corrected chi connectivity index (χ0v) is 10.8. The molecule has 1 heterocycles. The molecule has 20 heavy (non-hydrogen) atoms. The quantitative estimate of drug-likeness (QED) is 0.665. The van der Waals surface area contributed by atoms with Crippen LogP contribution in [0.15, 0.2) is 36.4 Å². The summed E-state index contributed by atoms with van der Waals surface area (Å²) in [5.41, 5.74) is 5.27. The summed E-state index contributed by atoms with van der Waals surface area (Å²) in [5, 5.41) is 10.9. The summed E-state index contributed by atoms with van der Waals surface area (Å²) in [6.07, 6.45) is 0. The van der Waals surface area contributed by atoms with Gasteiger partial charge in [0.15, 0.2) is 11.5 Å². The van der Waals surface area contributed by atoms with Crippen molar-refractivity contribution in [2.45, 2.75) is 6.92 Å². The molecule has 0 radical (unpaired) electrons. The first-order chi connectivity index (χ1) is 9.61. The highest BCUT2D eigenvalue weighted by Gasteiger charge is 2.19. The number of ether oxygens (including phenoxy) is 2. The maximum absolute atomic E-state index is 10.9. The van der Waals surface area contributed by atoms with Crippen LogP contribution in [0.5, 0.6) is 17.4 Å². The minimum Gasteiger partial charge on any atom is -0.490 e. The molecule has 0 amide bonds. The van der Waals surface area contributed by atoms with Gasteiger partial charge in [-0.05, 0) is 25.1 Å². The monoisotopic (exact) mass is 275 g/mol. The Morgan fingerprint density at radius 2 is 1.95 bits per heavy atom. The summed E-state index contributed by atoms with van der Waals surface area (Å²) in [7, 11) is 0. The Hall–Kier alpha value is -2.83. The lowest BCUT2D eigenvalue weighted by atomic mass is 10.3. The van der Waals surface area contributed by atoms with Gasteiger partial charge in [-0.3, -0.25) is 10.1 Å². The zero-order valence-electron chi connectivity index (χ0n) is 10.8. The van der Waals surface area contributed by atoms with E-state index >= 15 is 0 Å². The number of aromatic nitrogens is 1. The third-order valence-electron chi connectivity index (χ3n) is 2.41. The first-order valence-corrected chi connectivity index (χ1v) is 5.92. The molecule has 0 fully saturated rings. The Morgan fingerprint density at radius 3 is 2.60 bits per heavy atom. The molecule has 7 nitrogen and oxygen atoms in total. The summed E-state index contributed by atoms with van der Waals surface area (Å²) in [6, 6.07) is 9.45. The highest BCUT2D eigenvalue weighted by molar-refractivity contribution is 5.50. The standard InChI is InChI=1S/C13H13N3O4/c1-2-19-10-5-3-4-6-11(10)20-13-9(16(17)18)7-8-12(14)15-13/h3-8H,2H2,1H3,(H2,14,15). The molecule has 104 valence electrons. The molecule has 0 saturated heterocycles.